The van der Waals surface area contributed by atoms with Crippen molar-refractivity contribution in [3.05, 3.63) is 58.7 Å². The summed E-state index contributed by atoms with van der Waals surface area (Å²) in [5.41, 5.74) is 4.59. The molecule has 0 bridgehead atoms. The fourth-order valence-electron chi connectivity index (χ4n) is 3.32. The van der Waals surface area contributed by atoms with Crippen molar-refractivity contribution in [1.29, 1.82) is 0 Å². The van der Waals surface area contributed by atoms with Crippen LogP contribution in [0.25, 0.3) is 0 Å². The molecule has 0 spiro atoms. The number of benzene rings is 1. The van der Waals surface area contributed by atoms with Gasteiger partial charge in [0.15, 0.2) is 0 Å². The molecule has 1 aromatic carbocycles. The van der Waals surface area contributed by atoms with Crippen LogP contribution in [0.15, 0.2) is 30.3 Å². The number of carbonyl (C=O) groups is 1. The minimum Gasteiger partial charge on any atom is -0.342 e. The van der Waals surface area contributed by atoms with Crippen LogP contribution < -0.4 is 0 Å². The Morgan fingerprint density at radius 3 is 2.67 bits per heavy atom. The molecule has 1 atom stereocenters. The number of amides is 1. The van der Waals surface area contributed by atoms with Gasteiger partial charge in [-0.2, -0.15) is 0 Å². The zero-order chi connectivity index (χ0) is 17.1. The first-order valence-corrected chi connectivity index (χ1v) is 8.67. The maximum atomic E-state index is 11.7. The fraction of sp³-hybridized carbons (Fsp3) is 0.450. The van der Waals surface area contributed by atoms with Crippen LogP contribution >= 0.6 is 0 Å². The first kappa shape index (κ1) is 16.6. The number of nitrogens with zero attached hydrogens (tertiary/aromatic N) is 3. The van der Waals surface area contributed by atoms with E-state index < -0.39 is 0 Å². The molecular weight excluding hydrogens is 298 g/mol. The molecule has 0 aliphatic carbocycles. The van der Waals surface area contributed by atoms with Crippen molar-refractivity contribution >= 4 is 5.91 Å². The van der Waals surface area contributed by atoms with Crippen LogP contribution in [0.2, 0.25) is 0 Å². The molecule has 1 aliphatic heterocycles. The summed E-state index contributed by atoms with van der Waals surface area (Å²) in [6.07, 6.45) is 2.89. The fourth-order valence-corrected chi connectivity index (χ4v) is 3.32. The summed E-state index contributed by atoms with van der Waals surface area (Å²) in [7, 11) is 0. The highest BCUT2D eigenvalue weighted by Crippen LogP contribution is 2.25. The molecule has 24 heavy (non-hydrogen) atoms. The summed E-state index contributed by atoms with van der Waals surface area (Å²) in [5.74, 6) is 1.29. The van der Waals surface area contributed by atoms with Crippen LogP contribution in [-0.4, -0.2) is 33.9 Å². The molecule has 2 heterocycles. The zero-order valence-electron chi connectivity index (χ0n) is 14.7. The van der Waals surface area contributed by atoms with Gasteiger partial charge < -0.3 is 4.90 Å². The van der Waals surface area contributed by atoms with Crippen LogP contribution in [0.4, 0.5) is 0 Å². The van der Waals surface area contributed by atoms with Crippen molar-refractivity contribution < 1.29 is 4.79 Å². The van der Waals surface area contributed by atoms with Gasteiger partial charge in [-0.3, -0.25) is 4.79 Å². The second kappa shape index (κ2) is 7.12. The number of likely N-dealkylation sites (tertiary alicyclic amines) is 1. The van der Waals surface area contributed by atoms with Gasteiger partial charge in [-0.1, -0.05) is 29.8 Å². The Hall–Kier alpha value is -2.23. The number of hydrogen-bond acceptors (Lipinski definition) is 3. The molecule has 0 unspecified atom stereocenters. The number of carbonyl (C=O) groups excluding carboxylic acids is 1. The minimum atomic E-state index is 0.146. The third-order valence-corrected chi connectivity index (χ3v) is 4.66. The highest BCUT2D eigenvalue weighted by Gasteiger charge is 2.25. The molecule has 0 N–H and O–H groups in total. The second-order valence-corrected chi connectivity index (χ2v) is 6.83. The van der Waals surface area contributed by atoms with Crippen molar-refractivity contribution in [2.75, 3.05) is 13.1 Å². The van der Waals surface area contributed by atoms with E-state index in [2.05, 4.69) is 42.2 Å². The zero-order valence-corrected chi connectivity index (χ0v) is 14.7. The summed E-state index contributed by atoms with van der Waals surface area (Å²) in [4.78, 5) is 23.1. The lowest BCUT2D eigenvalue weighted by Crippen LogP contribution is -2.38. The largest absolute Gasteiger partial charge is 0.342 e. The molecule has 2 aromatic rings. The van der Waals surface area contributed by atoms with Gasteiger partial charge >= 0.3 is 0 Å². The molecule has 3 rings (SSSR count). The van der Waals surface area contributed by atoms with E-state index >= 15 is 0 Å². The van der Waals surface area contributed by atoms with Crippen molar-refractivity contribution in [2.24, 2.45) is 0 Å². The average molecular weight is 323 g/mol. The smallest absolute Gasteiger partial charge is 0.219 e. The molecule has 1 saturated heterocycles. The number of aryl methyl sites for hydroxylation is 2. The van der Waals surface area contributed by atoms with Crippen LogP contribution in [0, 0.1) is 13.8 Å². The second-order valence-electron chi connectivity index (χ2n) is 6.83. The topological polar surface area (TPSA) is 46.1 Å². The summed E-state index contributed by atoms with van der Waals surface area (Å²) in [6, 6.07) is 10.6. The molecule has 4 nitrogen and oxygen atoms in total. The summed E-state index contributed by atoms with van der Waals surface area (Å²) in [6.45, 7) is 7.36. The Labute approximate surface area is 143 Å². The predicted octanol–water partition coefficient (Wildman–Crippen LogP) is 3.41. The van der Waals surface area contributed by atoms with E-state index in [1.165, 1.54) is 11.1 Å². The van der Waals surface area contributed by atoms with E-state index in [4.69, 9.17) is 4.98 Å². The van der Waals surface area contributed by atoms with Crippen molar-refractivity contribution in [1.82, 2.24) is 14.9 Å². The average Bonchev–Trinajstić information content (AvgIpc) is 2.56. The first-order valence-electron chi connectivity index (χ1n) is 8.67. The van der Waals surface area contributed by atoms with Crippen LogP contribution in [-0.2, 0) is 11.2 Å². The van der Waals surface area contributed by atoms with E-state index in [0.717, 1.165) is 49.6 Å². The van der Waals surface area contributed by atoms with E-state index in [1.54, 1.807) is 6.92 Å². The Bertz CT molecular complexity index is 724. The molecule has 0 radical (unpaired) electrons. The normalized spacial score (nSPS) is 17.8. The minimum absolute atomic E-state index is 0.146. The monoisotopic (exact) mass is 323 g/mol. The van der Waals surface area contributed by atoms with Gasteiger partial charge in [-0.05, 0) is 38.3 Å². The van der Waals surface area contributed by atoms with Gasteiger partial charge in [0.2, 0.25) is 5.91 Å². The van der Waals surface area contributed by atoms with Gasteiger partial charge in [0, 0.05) is 43.7 Å². The van der Waals surface area contributed by atoms with Crippen LogP contribution in [0.3, 0.4) is 0 Å². The summed E-state index contributed by atoms with van der Waals surface area (Å²) < 4.78 is 0. The molecule has 1 fully saturated rings. The molecule has 4 heteroatoms. The van der Waals surface area contributed by atoms with E-state index in [9.17, 15) is 4.79 Å². The van der Waals surface area contributed by atoms with Gasteiger partial charge in [0.1, 0.15) is 5.82 Å². The van der Waals surface area contributed by atoms with Crippen molar-refractivity contribution in [3.8, 4) is 0 Å². The van der Waals surface area contributed by atoms with E-state index in [0.29, 0.717) is 0 Å². The molecule has 0 saturated carbocycles. The molecule has 1 amide bonds. The molecular formula is C20H25N3O. The summed E-state index contributed by atoms with van der Waals surface area (Å²) >= 11 is 0. The quantitative estimate of drug-likeness (QED) is 0.869. The third kappa shape index (κ3) is 3.99. The molecule has 1 aliphatic rings. The van der Waals surface area contributed by atoms with Crippen molar-refractivity contribution in [3.63, 3.8) is 0 Å². The van der Waals surface area contributed by atoms with Crippen LogP contribution in [0.1, 0.15) is 54.0 Å². The number of aromatic nitrogens is 2. The lowest BCUT2D eigenvalue weighted by atomic mass is 9.96. The lowest BCUT2D eigenvalue weighted by Gasteiger charge is -2.31. The summed E-state index contributed by atoms with van der Waals surface area (Å²) in [5, 5.41) is 0. The Morgan fingerprint density at radius 1 is 1.21 bits per heavy atom. The van der Waals surface area contributed by atoms with Gasteiger partial charge in [-0.25, -0.2) is 9.97 Å². The maximum absolute atomic E-state index is 11.7. The lowest BCUT2D eigenvalue weighted by molar-refractivity contribution is -0.130. The standard InChI is InChI=1S/C20H25N3O/c1-14-6-8-17(9-7-14)12-19-11-15(2)21-20(22-19)18-5-4-10-23(13-18)16(3)24/h6-9,11,18H,4-5,10,12-13H2,1-3H3/t18-/m1/s1. The third-order valence-electron chi connectivity index (χ3n) is 4.66. The highest BCUT2D eigenvalue weighted by atomic mass is 16.2. The SMILES string of the molecule is CC(=O)N1CCC[C@@H](c2nc(C)cc(Cc3ccc(C)cc3)n2)C1. The Balaban J connectivity index is 1.80. The van der Waals surface area contributed by atoms with Gasteiger partial charge in [0.05, 0.1) is 0 Å². The van der Waals surface area contributed by atoms with Crippen molar-refractivity contribution in [2.45, 2.75) is 46.0 Å². The number of piperidine rings is 1. The van der Waals surface area contributed by atoms with E-state index in [-0.39, 0.29) is 11.8 Å². The first-order chi connectivity index (χ1) is 11.5. The van der Waals surface area contributed by atoms with E-state index in [1.807, 2.05) is 11.8 Å². The van der Waals surface area contributed by atoms with Gasteiger partial charge in [-0.15, -0.1) is 0 Å². The molecule has 1 aromatic heterocycles. The molecule has 126 valence electrons. The predicted molar refractivity (Wildman–Crippen MR) is 95.0 cm³/mol. The number of hydrogen-bond donors (Lipinski definition) is 0. The maximum Gasteiger partial charge on any atom is 0.219 e. The van der Waals surface area contributed by atoms with Crippen LogP contribution in [0.5, 0.6) is 0 Å². The number of rotatable bonds is 3. The highest BCUT2D eigenvalue weighted by molar-refractivity contribution is 5.73. The Kier molecular flexibility index (Phi) is 4.93. The van der Waals surface area contributed by atoms with Gasteiger partial charge in [0.25, 0.3) is 0 Å². The Morgan fingerprint density at radius 2 is 1.96 bits per heavy atom.